The highest BCUT2D eigenvalue weighted by Gasteiger charge is 2.35. The van der Waals surface area contributed by atoms with E-state index in [0.717, 1.165) is 11.1 Å². The Balaban J connectivity index is 1.89. The first-order valence-electron chi connectivity index (χ1n) is 9.10. The summed E-state index contributed by atoms with van der Waals surface area (Å²) in [5.41, 5.74) is 3.45. The molecule has 0 aliphatic carbocycles. The molecule has 1 aliphatic heterocycles. The first kappa shape index (κ1) is 19.6. The summed E-state index contributed by atoms with van der Waals surface area (Å²) in [6, 6.07) is 20.7. The molecule has 3 aromatic carbocycles. The molecular formula is C23H18Cl2N2O2. The van der Waals surface area contributed by atoms with Crippen molar-refractivity contribution in [3.05, 3.63) is 99.5 Å². The molecule has 0 unspecified atom stereocenters. The second-order valence-corrected chi connectivity index (χ2v) is 7.72. The number of aliphatic imine (C=N–C) groups is 1. The minimum absolute atomic E-state index is 0.304. The normalized spacial score (nSPS) is 17.4. The van der Waals surface area contributed by atoms with Crippen LogP contribution in [0.15, 0.2) is 77.8 Å². The number of likely N-dealkylation sites (N-methyl/N-ethyl adjacent to an activating group) is 1. The molecule has 4 rings (SSSR count). The zero-order valence-electron chi connectivity index (χ0n) is 15.6. The number of benzene rings is 3. The molecule has 1 N–H and O–H groups in total. The molecule has 0 aromatic heterocycles. The van der Waals surface area contributed by atoms with Gasteiger partial charge in [0.25, 0.3) is 5.91 Å². The zero-order valence-corrected chi connectivity index (χ0v) is 17.1. The van der Waals surface area contributed by atoms with E-state index in [-0.39, 0.29) is 5.91 Å². The van der Waals surface area contributed by atoms with Crippen LogP contribution in [-0.4, -0.2) is 29.8 Å². The summed E-state index contributed by atoms with van der Waals surface area (Å²) in [6.07, 6.45) is -1.12. The molecule has 0 saturated heterocycles. The quantitative estimate of drug-likeness (QED) is 0.649. The van der Waals surface area contributed by atoms with Crippen LogP contribution in [0.3, 0.4) is 0 Å². The van der Waals surface area contributed by atoms with E-state index in [1.54, 1.807) is 49.5 Å². The van der Waals surface area contributed by atoms with E-state index >= 15 is 0 Å². The Bertz CT molecular complexity index is 1080. The van der Waals surface area contributed by atoms with Gasteiger partial charge in [-0.05, 0) is 35.9 Å². The molecule has 0 spiro atoms. The minimum Gasteiger partial charge on any atom is -0.386 e. The SMILES string of the molecule is CN1C(=O)[C@H]([C@H](O)c2ccc(Cl)cc2)N=C(c2ccccc2)c2cc(Cl)ccc21. The van der Waals surface area contributed by atoms with Crippen LogP contribution in [0.1, 0.15) is 22.8 Å². The number of nitrogens with zero attached hydrogens (tertiary/aromatic N) is 2. The van der Waals surface area contributed by atoms with Crippen LogP contribution in [0, 0.1) is 0 Å². The lowest BCUT2D eigenvalue weighted by molar-refractivity contribution is -0.121. The second-order valence-electron chi connectivity index (χ2n) is 6.84. The van der Waals surface area contributed by atoms with Crippen LogP contribution in [0.5, 0.6) is 0 Å². The predicted octanol–water partition coefficient (Wildman–Crippen LogP) is 4.91. The number of carbonyl (C=O) groups is 1. The van der Waals surface area contributed by atoms with Crippen LogP contribution in [0.2, 0.25) is 10.0 Å². The first-order chi connectivity index (χ1) is 14.0. The van der Waals surface area contributed by atoms with Crippen LogP contribution in [0.4, 0.5) is 5.69 Å². The van der Waals surface area contributed by atoms with Crippen molar-refractivity contribution in [2.24, 2.45) is 4.99 Å². The van der Waals surface area contributed by atoms with Gasteiger partial charge in [0.15, 0.2) is 6.04 Å². The first-order valence-corrected chi connectivity index (χ1v) is 9.85. The third kappa shape index (κ3) is 3.79. The molecule has 6 heteroatoms. The van der Waals surface area contributed by atoms with Crippen LogP contribution in [0.25, 0.3) is 0 Å². The van der Waals surface area contributed by atoms with E-state index in [4.69, 9.17) is 28.2 Å². The maximum atomic E-state index is 13.3. The Morgan fingerprint density at radius 1 is 0.966 bits per heavy atom. The topological polar surface area (TPSA) is 52.9 Å². The highest BCUT2D eigenvalue weighted by molar-refractivity contribution is 6.32. The Kier molecular flexibility index (Phi) is 5.41. The van der Waals surface area contributed by atoms with Crippen molar-refractivity contribution in [2.45, 2.75) is 12.1 Å². The van der Waals surface area contributed by atoms with Crippen molar-refractivity contribution in [3.8, 4) is 0 Å². The van der Waals surface area contributed by atoms with Crippen LogP contribution >= 0.6 is 23.2 Å². The van der Waals surface area contributed by atoms with Crippen LogP contribution in [-0.2, 0) is 4.79 Å². The lowest BCUT2D eigenvalue weighted by Gasteiger charge is -2.23. The number of aliphatic hydroxyl groups excluding tert-OH is 1. The molecule has 1 aliphatic rings. The summed E-state index contributed by atoms with van der Waals surface area (Å²) in [7, 11) is 1.68. The van der Waals surface area contributed by atoms with Gasteiger partial charge in [-0.3, -0.25) is 9.79 Å². The average molecular weight is 425 g/mol. The van der Waals surface area contributed by atoms with Gasteiger partial charge in [-0.15, -0.1) is 0 Å². The number of fused-ring (bicyclic) bond motifs is 1. The van der Waals surface area contributed by atoms with E-state index in [1.165, 1.54) is 4.90 Å². The number of rotatable bonds is 3. The van der Waals surface area contributed by atoms with Crippen molar-refractivity contribution in [2.75, 3.05) is 11.9 Å². The molecule has 0 radical (unpaired) electrons. The number of halogens is 2. The van der Waals surface area contributed by atoms with Gasteiger partial charge >= 0.3 is 0 Å². The van der Waals surface area contributed by atoms with Gasteiger partial charge in [-0.1, -0.05) is 65.7 Å². The van der Waals surface area contributed by atoms with Gasteiger partial charge < -0.3 is 10.0 Å². The van der Waals surface area contributed by atoms with Gasteiger partial charge in [0, 0.05) is 28.2 Å². The summed E-state index contributed by atoms with van der Waals surface area (Å²) in [4.78, 5) is 19.5. The molecule has 3 aromatic rings. The van der Waals surface area contributed by atoms with Crippen molar-refractivity contribution in [1.82, 2.24) is 0 Å². The molecule has 4 nitrogen and oxygen atoms in total. The molecule has 29 heavy (non-hydrogen) atoms. The lowest BCUT2D eigenvalue weighted by atomic mass is 9.99. The van der Waals surface area contributed by atoms with Crippen molar-refractivity contribution < 1.29 is 9.90 Å². The lowest BCUT2D eigenvalue weighted by Crippen LogP contribution is -2.38. The van der Waals surface area contributed by atoms with Crippen molar-refractivity contribution >= 4 is 40.5 Å². The molecule has 0 saturated carbocycles. The van der Waals surface area contributed by atoms with E-state index in [2.05, 4.69) is 0 Å². The van der Waals surface area contributed by atoms with Gasteiger partial charge in [0.05, 0.1) is 11.4 Å². The zero-order chi connectivity index (χ0) is 20.5. The molecule has 0 bridgehead atoms. The molecule has 1 amide bonds. The Morgan fingerprint density at radius 3 is 2.31 bits per heavy atom. The Labute approximate surface area is 179 Å². The monoisotopic (exact) mass is 424 g/mol. The summed E-state index contributed by atoms with van der Waals surface area (Å²) in [6.45, 7) is 0. The number of carbonyl (C=O) groups excluding carboxylic acids is 1. The van der Waals surface area contributed by atoms with Crippen molar-refractivity contribution in [1.29, 1.82) is 0 Å². The average Bonchev–Trinajstić information content (AvgIpc) is 2.84. The fourth-order valence-electron chi connectivity index (χ4n) is 3.45. The fourth-order valence-corrected chi connectivity index (χ4v) is 3.74. The van der Waals surface area contributed by atoms with E-state index < -0.39 is 12.1 Å². The second kappa shape index (κ2) is 7.99. The maximum Gasteiger partial charge on any atom is 0.254 e. The van der Waals surface area contributed by atoms with Gasteiger partial charge in [-0.25, -0.2) is 0 Å². The van der Waals surface area contributed by atoms with Crippen LogP contribution < -0.4 is 4.90 Å². The van der Waals surface area contributed by atoms with E-state index in [1.807, 2.05) is 30.3 Å². The molecular weight excluding hydrogens is 407 g/mol. The summed E-state index contributed by atoms with van der Waals surface area (Å²) >= 11 is 12.2. The van der Waals surface area contributed by atoms with Gasteiger partial charge in [0.1, 0.15) is 6.10 Å². The number of benzodiazepines with no additional fused rings is 1. The van der Waals surface area contributed by atoms with E-state index in [0.29, 0.717) is 27.0 Å². The van der Waals surface area contributed by atoms with E-state index in [9.17, 15) is 9.90 Å². The number of hydrogen-bond donors (Lipinski definition) is 1. The molecule has 0 fully saturated rings. The summed E-state index contributed by atoms with van der Waals surface area (Å²) < 4.78 is 0. The maximum absolute atomic E-state index is 13.3. The number of hydrogen-bond acceptors (Lipinski definition) is 3. The highest BCUT2D eigenvalue weighted by Crippen LogP contribution is 2.33. The third-order valence-corrected chi connectivity index (χ3v) is 5.47. The largest absolute Gasteiger partial charge is 0.386 e. The number of amides is 1. The third-order valence-electron chi connectivity index (χ3n) is 4.98. The van der Waals surface area contributed by atoms with Gasteiger partial charge in [-0.2, -0.15) is 0 Å². The predicted molar refractivity (Wildman–Crippen MR) is 117 cm³/mol. The fraction of sp³-hybridized carbons (Fsp3) is 0.130. The Morgan fingerprint density at radius 2 is 1.62 bits per heavy atom. The minimum atomic E-state index is -1.12. The Hall–Kier alpha value is -2.66. The van der Waals surface area contributed by atoms with Gasteiger partial charge in [0.2, 0.25) is 0 Å². The highest BCUT2D eigenvalue weighted by atomic mass is 35.5. The molecule has 2 atom stereocenters. The molecule has 146 valence electrons. The summed E-state index contributed by atoms with van der Waals surface area (Å²) in [5, 5.41) is 12.1. The number of anilines is 1. The smallest absolute Gasteiger partial charge is 0.254 e. The standard InChI is InChI=1S/C23H18Cl2N2O2/c1-27-19-12-11-17(25)13-18(19)20(14-5-3-2-4-6-14)26-21(23(27)29)22(28)15-7-9-16(24)10-8-15/h2-13,21-22,28H,1H3/t21-,22+/m0/s1. The molecule has 1 heterocycles. The number of aliphatic hydroxyl groups is 1. The van der Waals surface area contributed by atoms with Crippen molar-refractivity contribution in [3.63, 3.8) is 0 Å². The summed E-state index contributed by atoms with van der Waals surface area (Å²) in [5.74, 6) is -0.304.